The van der Waals surface area contributed by atoms with E-state index in [0.717, 1.165) is 0 Å². The molecule has 0 bridgehead atoms. The fraction of sp³-hybridized carbons (Fsp3) is 0.778. The molecule has 0 aromatic heterocycles. The monoisotopic (exact) mass is 167 g/mol. The summed E-state index contributed by atoms with van der Waals surface area (Å²) in [5.74, 6) is 1.41. The number of carbonyl (C=O) groups excluding carboxylic acids is 1. The van der Waals surface area contributed by atoms with Gasteiger partial charge in [0.1, 0.15) is 11.8 Å². The SMILES string of the molecule is CC(=O)C1=NO[C@@H]2[C@H](C)[C@H](C)[C@H]12. The van der Waals surface area contributed by atoms with Gasteiger partial charge in [0.2, 0.25) is 0 Å². The summed E-state index contributed by atoms with van der Waals surface area (Å²) in [5, 5.41) is 3.83. The van der Waals surface area contributed by atoms with Crippen molar-refractivity contribution in [3.8, 4) is 0 Å². The van der Waals surface area contributed by atoms with Crippen molar-refractivity contribution in [2.45, 2.75) is 26.9 Å². The van der Waals surface area contributed by atoms with Gasteiger partial charge in [-0.3, -0.25) is 4.79 Å². The first-order chi connectivity index (χ1) is 5.63. The highest BCUT2D eigenvalue weighted by molar-refractivity contribution is 6.40. The number of carbonyl (C=O) groups is 1. The third kappa shape index (κ3) is 0.765. The highest BCUT2D eigenvalue weighted by Gasteiger charge is 2.54. The van der Waals surface area contributed by atoms with E-state index in [1.807, 2.05) is 0 Å². The average molecular weight is 167 g/mol. The van der Waals surface area contributed by atoms with Crippen LogP contribution in [0.15, 0.2) is 5.16 Å². The number of fused-ring (bicyclic) bond motifs is 1. The maximum atomic E-state index is 11.1. The van der Waals surface area contributed by atoms with Gasteiger partial charge in [0.05, 0.1) is 5.92 Å². The van der Waals surface area contributed by atoms with Crippen LogP contribution >= 0.6 is 0 Å². The van der Waals surface area contributed by atoms with Gasteiger partial charge in [-0.05, 0) is 11.8 Å². The topological polar surface area (TPSA) is 38.7 Å². The summed E-state index contributed by atoms with van der Waals surface area (Å²) in [6.07, 6.45) is 0.180. The highest BCUT2D eigenvalue weighted by Crippen LogP contribution is 2.46. The molecule has 0 spiro atoms. The Hall–Kier alpha value is -0.860. The van der Waals surface area contributed by atoms with Crippen molar-refractivity contribution in [3.05, 3.63) is 0 Å². The number of ketones is 1. The van der Waals surface area contributed by atoms with Crippen molar-refractivity contribution in [2.24, 2.45) is 22.9 Å². The summed E-state index contributed by atoms with van der Waals surface area (Å²) in [6.45, 7) is 5.85. The summed E-state index contributed by atoms with van der Waals surface area (Å²) in [7, 11) is 0. The van der Waals surface area contributed by atoms with Gasteiger partial charge < -0.3 is 4.84 Å². The first kappa shape index (κ1) is 7.77. The lowest BCUT2D eigenvalue weighted by Crippen LogP contribution is -2.50. The molecule has 1 saturated carbocycles. The predicted octanol–water partition coefficient (Wildman–Crippen LogP) is 1.23. The quantitative estimate of drug-likeness (QED) is 0.589. The Morgan fingerprint density at radius 1 is 1.42 bits per heavy atom. The summed E-state index contributed by atoms with van der Waals surface area (Å²) >= 11 is 0. The summed E-state index contributed by atoms with van der Waals surface area (Å²) < 4.78 is 0. The zero-order valence-corrected chi connectivity index (χ0v) is 7.57. The van der Waals surface area contributed by atoms with Gasteiger partial charge in [-0.1, -0.05) is 19.0 Å². The van der Waals surface area contributed by atoms with E-state index in [9.17, 15) is 4.79 Å². The van der Waals surface area contributed by atoms with Crippen molar-refractivity contribution < 1.29 is 9.63 Å². The smallest absolute Gasteiger partial charge is 0.177 e. The first-order valence-corrected chi connectivity index (χ1v) is 4.37. The van der Waals surface area contributed by atoms with Crippen LogP contribution in [0.1, 0.15) is 20.8 Å². The molecule has 3 heteroatoms. The zero-order valence-electron chi connectivity index (χ0n) is 7.57. The second-order valence-corrected chi connectivity index (χ2v) is 3.85. The van der Waals surface area contributed by atoms with Crippen LogP contribution in [0, 0.1) is 17.8 Å². The highest BCUT2D eigenvalue weighted by atomic mass is 16.6. The number of nitrogens with zero attached hydrogens (tertiary/aromatic N) is 1. The molecule has 2 rings (SSSR count). The third-order valence-corrected chi connectivity index (χ3v) is 3.22. The molecular weight excluding hydrogens is 154 g/mol. The van der Waals surface area contributed by atoms with Gasteiger partial charge in [0, 0.05) is 6.92 Å². The van der Waals surface area contributed by atoms with E-state index in [0.29, 0.717) is 17.5 Å². The molecule has 0 amide bonds. The number of hydrogen-bond donors (Lipinski definition) is 0. The molecule has 0 aromatic carbocycles. The standard InChI is InChI=1S/C9H13NO2/c1-4-5(2)9-7(4)8(6(3)11)10-12-9/h4-5,7,9H,1-3H3/t4-,5+,7+,9+/m0/s1. The lowest BCUT2D eigenvalue weighted by molar-refractivity contribution is -0.112. The van der Waals surface area contributed by atoms with Crippen LogP contribution in [-0.4, -0.2) is 17.6 Å². The second-order valence-electron chi connectivity index (χ2n) is 3.85. The van der Waals surface area contributed by atoms with Crippen LogP contribution in [0.4, 0.5) is 0 Å². The Morgan fingerprint density at radius 3 is 2.67 bits per heavy atom. The van der Waals surface area contributed by atoms with Crippen molar-refractivity contribution in [1.82, 2.24) is 0 Å². The number of oxime groups is 1. The molecule has 0 saturated heterocycles. The number of Topliss-reactive ketones (excluding diaryl/α,β-unsaturated/α-hetero) is 1. The predicted molar refractivity (Wildman–Crippen MR) is 44.8 cm³/mol. The maximum Gasteiger partial charge on any atom is 0.177 e. The molecule has 0 radical (unpaired) electrons. The van der Waals surface area contributed by atoms with E-state index in [4.69, 9.17) is 4.84 Å². The van der Waals surface area contributed by atoms with Crippen molar-refractivity contribution >= 4 is 11.5 Å². The molecule has 0 N–H and O–H groups in total. The van der Waals surface area contributed by atoms with Crippen molar-refractivity contribution in [3.63, 3.8) is 0 Å². The van der Waals surface area contributed by atoms with E-state index in [2.05, 4.69) is 19.0 Å². The Kier molecular flexibility index (Phi) is 1.50. The van der Waals surface area contributed by atoms with Crippen LogP contribution in [0.2, 0.25) is 0 Å². The molecule has 2 aliphatic rings. The van der Waals surface area contributed by atoms with Crippen molar-refractivity contribution in [2.75, 3.05) is 0 Å². The molecular formula is C9H13NO2. The van der Waals surface area contributed by atoms with Crippen LogP contribution < -0.4 is 0 Å². The largest absolute Gasteiger partial charge is 0.391 e. The fourth-order valence-electron chi connectivity index (χ4n) is 2.15. The van der Waals surface area contributed by atoms with E-state index in [-0.39, 0.29) is 17.8 Å². The molecule has 12 heavy (non-hydrogen) atoms. The minimum atomic E-state index is 0.0567. The van der Waals surface area contributed by atoms with E-state index < -0.39 is 0 Å². The normalized spacial score (nSPS) is 44.1. The Labute approximate surface area is 71.8 Å². The molecule has 0 unspecified atom stereocenters. The van der Waals surface area contributed by atoms with Crippen LogP contribution in [0.5, 0.6) is 0 Å². The Morgan fingerprint density at radius 2 is 2.08 bits per heavy atom. The fourth-order valence-corrected chi connectivity index (χ4v) is 2.15. The number of rotatable bonds is 1. The molecule has 1 aliphatic heterocycles. The Balaban J connectivity index is 2.18. The molecule has 66 valence electrons. The summed E-state index contributed by atoms with van der Waals surface area (Å²) in [6, 6.07) is 0. The Bertz CT molecular complexity index is 259. The van der Waals surface area contributed by atoms with E-state index >= 15 is 0 Å². The molecule has 0 aromatic rings. The lowest BCUT2D eigenvalue weighted by Gasteiger charge is -2.42. The van der Waals surface area contributed by atoms with Gasteiger partial charge >= 0.3 is 0 Å². The molecule has 3 nitrogen and oxygen atoms in total. The van der Waals surface area contributed by atoms with Crippen molar-refractivity contribution in [1.29, 1.82) is 0 Å². The average Bonchev–Trinajstić information content (AvgIpc) is 2.43. The van der Waals surface area contributed by atoms with Crippen LogP contribution in [0.25, 0.3) is 0 Å². The molecule has 4 atom stereocenters. The zero-order chi connectivity index (χ0) is 8.88. The van der Waals surface area contributed by atoms with Gasteiger partial charge in [0.25, 0.3) is 0 Å². The maximum absolute atomic E-state index is 11.1. The van der Waals surface area contributed by atoms with Crippen LogP contribution in [0.3, 0.4) is 0 Å². The van der Waals surface area contributed by atoms with Gasteiger partial charge in [-0.15, -0.1) is 0 Å². The summed E-state index contributed by atoms with van der Waals surface area (Å²) in [4.78, 5) is 16.3. The lowest BCUT2D eigenvalue weighted by atomic mass is 9.62. The minimum Gasteiger partial charge on any atom is -0.391 e. The summed E-state index contributed by atoms with van der Waals surface area (Å²) in [5.41, 5.74) is 0.644. The third-order valence-electron chi connectivity index (χ3n) is 3.22. The second kappa shape index (κ2) is 2.31. The molecule has 1 aliphatic carbocycles. The van der Waals surface area contributed by atoms with Gasteiger partial charge in [-0.25, -0.2) is 0 Å². The molecule has 1 fully saturated rings. The van der Waals surface area contributed by atoms with E-state index in [1.165, 1.54) is 0 Å². The first-order valence-electron chi connectivity index (χ1n) is 4.37. The molecule has 1 heterocycles. The van der Waals surface area contributed by atoms with Gasteiger partial charge in [0.15, 0.2) is 5.78 Å². The number of hydrogen-bond acceptors (Lipinski definition) is 3. The van der Waals surface area contributed by atoms with Crippen LogP contribution in [-0.2, 0) is 9.63 Å². The minimum absolute atomic E-state index is 0.0567. The van der Waals surface area contributed by atoms with E-state index in [1.54, 1.807) is 6.92 Å². The van der Waals surface area contributed by atoms with Gasteiger partial charge in [-0.2, -0.15) is 0 Å².